The van der Waals surface area contributed by atoms with Gasteiger partial charge in [-0.3, -0.25) is 19.4 Å². The molecular weight excluding hydrogens is 482 g/mol. The number of benzene rings is 1. The predicted octanol–water partition coefficient (Wildman–Crippen LogP) is 1.85. The Labute approximate surface area is 224 Å². The molecule has 0 radical (unpaired) electrons. The van der Waals surface area contributed by atoms with Crippen molar-refractivity contribution < 1.29 is 19.1 Å². The number of nitrogens with one attached hydrogen (secondary N) is 3. The fourth-order valence-electron chi connectivity index (χ4n) is 4.72. The zero-order chi connectivity index (χ0) is 27.1. The maximum absolute atomic E-state index is 13.5. The van der Waals surface area contributed by atoms with E-state index >= 15 is 0 Å². The van der Waals surface area contributed by atoms with Gasteiger partial charge in [0.05, 0.1) is 6.04 Å². The molecule has 4 rings (SSSR count). The molecule has 3 amide bonds. The van der Waals surface area contributed by atoms with E-state index in [0.29, 0.717) is 19.5 Å². The molecule has 1 aliphatic carbocycles. The highest BCUT2D eigenvalue weighted by atomic mass is 16.5. The van der Waals surface area contributed by atoms with Crippen molar-refractivity contribution in [3.05, 3.63) is 59.9 Å². The van der Waals surface area contributed by atoms with Gasteiger partial charge in [0.25, 0.3) is 0 Å². The van der Waals surface area contributed by atoms with Crippen molar-refractivity contribution >= 4 is 17.7 Å². The van der Waals surface area contributed by atoms with Crippen molar-refractivity contribution in [1.29, 1.82) is 0 Å². The summed E-state index contributed by atoms with van der Waals surface area (Å²) in [5.74, 6) is 0.300. The fourth-order valence-corrected chi connectivity index (χ4v) is 4.72. The first-order chi connectivity index (χ1) is 18.3. The number of ether oxygens (including phenoxy) is 1. The van der Waals surface area contributed by atoms with Gasteiger partial charge in [-0.25, -0.2) is 0 Å². The van der Waals surface area contributed by atoms with Gasteiger partial charge in [0.2, 0.25) is 17.7 Å². The van der Waals surface area contributed by atoms with E-state index < -0.39 is 12.1 Å². The molecule has 1 fully saturated rings. The van der Waals surface area contributed by atoms with E-state index in [4.69, 9.17) is 4.74 Å². The van der Waals surface area contributed by atoms with Crippen LogP contribution in [0.15, 0.2) is 48.8 Å². The summed E-state index contributed by atoms with van der Waals surface area (Å²) in [6.45, 7) is 4.65. The maximum atomic E-state index is 13.5. The minimum absolute atomic E-state index is 0.128. The van der Waals surface area contributed by atoms with Crippen LogP contribution in [0.3, 0.4) is 0 Å². The Morgan fingerprint density at radius 3 is 2.58 bits per heavy atom. The second-order valence-corrected chi connectivity index (χ2v) is 10.4. The molecule has 2 heterocycles. The largest absolute Gasteiger partial charge is 0.489 e. The molecule has 2 aromatic rings. The number of hydrogen-bond donors (Lipinski definition) is 3. The number of para-hydroxylation sites is 1. The van der Waals surface area contributed by atoms with Gasteiger partial charge in [-0.05, 0) is 68.7 Å². The van der Waals surface area contributed by atoms with Crippen LogP contribution in [0, 0.1) is 5.92 Å². The van der Waals surface area contributed by atoms with Crippen LogP contribution in [0.2, 0.25) is 0 Å². The summed E-state index contributed by atoms with van der Waals surface area (Å²) in [5.41, 5.74) is 1.91. The topological polar surface area (TPSA) is 113 Å². The second-order valence-electron chi connectivity index (χ2n) is 10.4. The van der Waals surface area contributed by atoms with Crippen LogP contribution in [0.5, 0.6) is 5.75 Å². The van der Waals surface area contributed by atoms with Crippen molar-refractivity contribution in [2.24, 2.45) is 5.92 Å². The molecule has 0 saturated heterocycles. The number of nitrogens with zero attached hydrogens (tertiary/aromatic N) is 2. The van der Waals surface area contributed by atoms with E-state index in [-0.39, 0.29) is 35.8 Å². The lowest BCUT2D eigenvalue weighted by molar-refractivity contribution is -0.141. The lowest BCUT2D eigenvalue weighted by Crippen LogP contribution is -2.57. The number of carbonyl (C=O) groups is 3. The van der Waals surface area contributed by atoms with Crippen LogP contribution < -0.4 is 20.7 Å². The molecule has 3 N–H and O–H groups in total. The number of carbonyl (C=O) groups excluding carboxylic acids is 3. The molecule has 4 atom stereocenters. The number of fused-ring (bicyclic) bond motifs is 1. The highest BCUT2D eigenvalue weighted by Gasteiger charge is 2.39. The molecule has 0 unspecified atom stereocenters. The third-order valence-corrected chi connectivity index (χ3v) is 7.31. The lowest BCUT2D eigenvalue weighted by atomic mass is 10.1. The molecule has 0 bridgehead atoms. The first kappa shape index (κ1) is 27.6. The van der Waals surface area contributed by atoms with Gasteiger partial charge in [-0.1, -0.05) is 24.3 Å². The summed E-state index contributed by atoms with van der Waals surface area (Å²) in [6, 6.07) is 9.69. The number of aromatic nitrogens is 1. The molecule has 204 valence electrons. The molecule has 1 aliphatic heterocycles. The fraction of sp³-hybridized carbons (Fsp3) is 0.517. The smallest absolute Gasteiger partial charge is 0.243 e. The maximum Gasteiger partial charge on any atom is 0.243 e. The van der Waals surface area contributed by atoms with Crippen LogP contribution in [0.25, 0.3) is 0 Å². The Hall–Kier alpha value is -3.46. The lowest BCUT2D eigenvalue weighted by Gasteiger charge is -2.31. The Balaban J connectivity index is 1.56. The van der Waals surface area contributed by atoms with Crippen molar-refractivity contribution in [3.8, 4) is 5.75 Å². The van der Waals surface area contributed by atoms with Gasteiger partial charge in [-0.15, -0.1) is 0 Å². The second kappa shape index (κ2) is 12.9. The first-order valence-electron chi connectivity index (χ1n) is 13.5. The van der Waals surface area contributed by atoms with Gasteiger partial charge in [0.1, 0.15) is 23.9 Å². The first-order valence-corrected chi connectivity index (χ1v) is 13.5. The molecule has 9 heteroatoms. The SMILES string of the molecule is C[C@@H]1CN[C@@H](C2CC2)C(=O)N(C)[C@H](C)C(=O)N[C@H](Cc2cccnc2)C(=O)NCCCc2ccccc2O1. The van der Waals surface area contributed by atoms with Crippen molar-refractivity contribution in [1.82, 2.24) is 25.8 Å². The number of likely N-dealkylation sites (N-methyl/N-ethyl adjacent to an activating group) is 1. The monoisotopic (exact) mass is 521 g/mol. The standard InChI is InChI=1S/C29H39N5O4/c1-19-17-32-26(23-12-13-23)29(37)34(3)20(2)27(35)33-24(16-21-8-6-14-30-18-21)28(36)31-15-7-10-22-9-4-5-11-25(22)38-19/h4-6,8-9,11,14,18-20,23-24,26,32H,7,10,12-13,15-17H2,1-3H3,(H,31,36)(H,33,35)/t19-,20-,24-,26+/m1/s1. The van der Waals surface area contributed by atoms with Gasteiger partial charge in [0.15, 0.2) is 0 Å². The normalized spacial score (nSPS) is 26.3. The summed E-state index contributed by atoms with van der Waals surface area (Å²) in [7, 11) is 1.65. The summed E-state index contributed by atoms with van der Waals surface area (Å²) in [6.07, 6.45) is 6.92. The summed E-state index contributed by atoms with van der Waals surface area (Å²) in [4.78, 5) is 45.5. The minimum Gasteiger partial charge on any atom is -0.489 e. The molecule has 38 heavy (non-hydrogen) atoms. The van der Waals surface area contributed by atoms with Crippen LogP contribution in [0.1, 0.15) is 44.2 Å². The zero-order valence-electron chi connectivity index (χ0n) is 22.5. The Morgan fingerprint density at radius 2 is 1.84 bits per heavy atom. The third kappa shape index (κ3) is 7.31. The summed E-state index contributed by atoms with van der Waals surface area (Å²) in [5, 5.41) is 9.28. The zero-order valence-corrected chi connectivity index (χ0v) is 22.5. The van der Waals surface area contributed by atoms with Crippen molar-refractivity contribution in [2.45, 2.75) is 70.2 Å². The molecule has 1 saturated carbocycles. The number of hydrogen-bond acceptors (Lipinski definition) is 6. The average Bonchev–Trinajstić information content (AvgIpc) is 3.76. The molecule has 1 aromatic carbocycles. The van der Waals surface area contributed by atoms with E-state index in [1.165, 1.54) is 4.90 Å². The quantitative estimate of drug-likeness (QED) is 0.568. The molecular formula is C29H39N5O4. The number of rotatable bonds is 3. The molecule has 2 aliphatic rings. The number of pyridine rings is 1. The van der Waals surface area contributed by atoms with Crippen molar-refractivity contribution in [2.75, 3.05) is 20.1 Å². The van der Waals surface area contributed by atoms with E-state index in [0.717, 1.165) is 42.6 Å². The van der Waals surface area contributed by atoms with Crippen LogP contribution in [-0.4, -0.2) is 72.0 Å². The van der Waals surface area contributed by atoms with E-state index in [9.17, 15) is 14.4 Å². The average molecular weight is 522 g/mol. The van der Waals surface area contributed by atoms with Gasteiger partial charge in [0, 0.05) is 39.0 Å². The van der Waals surface area contributed by atoms with Gasteiger partial charge < -0.3 is 25.6 Å². The minimum atomic E-state index is -0.787. The number of aryl methyl sites for hydroxylation is 1. The van der Waals surface area contributed by atoms with Crippen LogP contribution >= 0.6 is 0 Å². The summed E-state index contributed by atoms with van der Waals surface area (Å²) < 4.78 is 6.25. The number of amides is 3. The van der Waals surface area contributed by atoms with E-state index in [1.807, 2.05) is 37.3 Å². The van der Waals surface area contributed by atoms with E-state index in [1.54, 1.807) is 32.4 Å². The van der Waals surface area contributed by atoms with Crippen LogP contribution in [-0.2, 0) is 27.2 Å². The highest BCUT2D eigenvalue weighted by Crippen LogP contribution is 2.33. The third-order valence-electron chi connectivity index (χ3n) is 7.31. The van der Waals surface area contributed by atoms with Crippen molar-refractivity contribution in [3.63, 3.8) is 0 Å². The molecule has 9 nitrogen and oxygen atoms in total. The Bertz CT molecular complexity index is 1110. The van der Waals surface area contributed by atoms with Crippen LogP contribution in [0.4, 0.5) is 0 Å². The Kier molecular flexibility index (Phi) is 9.33. The highest BCUT2D eigenvalue weighted by molar-refractivity contribution is 5.93. The van der Waals surface area contributed by atoms with E-state index in [2.05, 4.69) is 20.9 Å². The predicted molar refractivity (Wildman–Crippen MR) is 144 cm³/mol. The molecule has 1 aromatic heterocycles. The molecule has 0 spiro atoms. The van der Waals surface area contributed by atoms with Gasteiger partial charge >= 0.3 is 0 Å². The Morgan fingerprint density at radius 1 is 1.05 bits per heavy atom. The van der Waals surface area contributed by atoms with Gasteiger partial charge in [-0.2, -0.15) is 0 Å². The summed E-state index contributed by atoms with van der Waals surface area (Å²) >= 11 is 0.